The highest BCUT2D eigenvalue weighted by molar-refractivity contribution is 5.72. The second-order valence-electron chi connectivity index (χ2n) is 14.5. The van der Waals surface area contributed by atoms with Crippen LogP contribution in [0.1, 0.15) is 213 Å². The molecule has 0 saturated heterocycles. The monoisotopic (exact) mass is 682 g/mol. The molecule has 48 heavy (non-hydrogen) atoms. The van der Waals surface area contributed by atoms with E-state index in [1.54, 1.807) is 0 Å². The third-order valence-electron chi connectivity index (χ3n) is 9.76. The predicted molar refractivity (Wildman–Crippen MR) is 204 cm³/mol. The van der Waals surface area contributed by atoms with Gasteiger partial charge < -0.3 is 19.5 Å². The van der Waals surface area contributed by atoms with Gasteiger partial charge in [0, 0.05) is 13.0 Å². The summed E-state index contributed by atoms with van der Waals surface area (Å²) in [5.41, 5.74) is 0. The van der Waals surface area contributed by atoms with E-state index in [0.717, 1.165) is 110 Å². The van der Waals surface area contributed by atoms with Crippen LogP contribution in [0.15, 0.2) is 0 Å². The summed E-state index contributed by atoms with van der Waals surface area (Å²) in [5, 5.41) is 9.24. The lowest BCUT2D eigenvalue weighted by Crippen LogP contribution is -2.27. The smallest absolute Gasteiger partial charge is 0.308 e. The highest BCUT2D eigenvalue weighted by Crippen LogP contribution is 2.21. The fourth-order valence-corrected chi connectivity index (χ4v) is 6.51. The molecular weight excluding hydrogens is 598 g/mol. The second kappa shape index (κ2) is 38.7. The Labute approximate surface area is 299 Å². The van der Waals surface area contributed by atoms with E-state index in [1.807, 2.05) is 0 Å². The maximum atomic E-state index is 12.9. The number of aliphatic hydroxyl groups is 1. The van der Waals surface area contributed by atoms with Gasteiger partial charge in [-0.2, -0.15) is 0 Å². The Morgan fingerprint density at radius 1 is 0.479 bits per heavy atom. The van der Waals surface area contributed by atoms with Crippen LogP contribution in [0.5, 0.6) is 0 Å². The van der Waals surface area contributed by atoms with Crippen LogP contribution in [0.3, 0.4) is 0 Å². The largest absolute Gasteiger partial charge is 0.466 e. The normalized spacial score (nSPS) is 12.1. The van der Waals surface area contributed by atoms with Crippen LogP contribution in [0.25, 0.3) is 0 Å². The van der Waals surface area contributed by atoms with Crippen LogP contribution >= 0.6 is 0 Å². The van der Waals surface area contributed by atoms with Gasteiger partial charge in [-0.15, -0.1) is 0 Å². The van der Waals surface area contributed by atoms with Crippen molar-refractivity contribution in [3.8, 4) is 0 Å². The molecule has 286 valence electrons. The third kappa shape index (κ3) is 33.4. The van der Waals surface area contributed by atoms with Crippen LogP contribution in [0.2, 0.25) is 0 Å². The quantitative estimate of drug-likeness (QED) is 0.0514. The van der Waals surface area contributed by atoms with Gasteiger partial charge >= 0.3 is 11.9 Å². The summed E-state index contributed by atoms with van der Waals surface area (Å²) in [7, 11) is 0. The molecule has 0 rings (SSSR count). The fraction of sp³-hybridized carbons (Fsp3) is 0.952. The first-order valence-electron chi connectivity index (χ1n) is 21.2. The summed E-state index contributed by atoms with van der Waals surface area (Å²) in [6, 6.07) is 0. The third-order valence-corrected chi connectivity index (χ3v) is 9.76. The molecule has 0 aromatic rings. The summed E-state index contributed by atoms with van der Waals surface area (Å²) < 4.78 is 11.2. The van der Waals surface area contributed by atoms with Crippen LogP contribution < -0.4 is 0 Å². The first kappa shape index (κ1) is 46.9. The van der Waals surface area contributed by atoms with Crippen molar-refractivity contribution < 1.29 is 24.2 Å². The van der Waals surface area contributed by atoms with Crippen molar-refractivity contribution in [2.75, 3.05) is 39.5 Å². The zero-order valence-electron chi connectivity index (χ0n) is 32.6. The molecule has 6 nitrogen and oxygen atoms in total. The molecule has 0 fully saturated rings. The van der Waals surface area contributed by atoms with Gasteiger partial charge in [-0.1, -0.05) is 149 Å². The van der Waals surface area contributed by atoms with E-state index >= 15 is 0 Å². The Bertz CT molecular complexity index is 672. The molecule has 6 heteroatoms. The summed E-state index contributed by atoms with van der Waals surface area (Å²) in [6.45, 7) is 11.4. The number of unbranched alkanes of at least 4 members (excludes halogenated alkanes) is 21. The van der Waals surface area contributed by atoms with E-state index < -0.39 is 0 Å². The van der Waals surface area contributed by atoms with Crippen molar-refractivity contribution >= 4 is 11.9 Å². The lowest BCUT2D eigenvalue weighted by Gasteiger charge is -2.22. The van der Waals surface area contributed by atoms with E-state index in [2.05, 4.69) is 25.7 Å². The molecule has 0 aliphatic carbocycles. The molecule has 1 atom stereocenters. The van der Waals surface area contributed by atoms with Gasteiger partial charge in [0.25, 0.3) is 0 Å². The Morgan fingerprint density at radius 3 is 1.40 bits per heavy atom. The van der Waals surface area contributed by atoms with Crippen molar-refractivity contribution in [2.24, 2.45) is 5.92 Å². The van der Waals surface area contributed by atoms with E-state index in [0.29, 0.717) is 19.6 Å². The molecule has 0 aromatic carbocycles. The average molecular weight is 682 g/mol. The molecule has 0 bridgehead atoms. The first-order chi connectivity index (χ1) is 23.6. The zero-order chi connectivity index (χ0) is 35.2. The number of carbonyl (C=O) groups excluding carboxylic acids is 2. The average Bonchev–Trinajstić information content (AvgIpc) is 3.09. The Balaban J connectivity index is 4.09. The van der Waals surface area contributed by atoms with Crippen molar-refractivity contribution in [3.05, 3.63) is 0 Å². The van der Waals surface area contributed by atoms with Crippen LogP contribution in [-0.4, -0.2) is 61.4 Å². The lowest BCUT2D eigenvalue weighted by molar-refractivity contribution is -0.149. The van der Waals surface area contributed by atoms with Gasteiger partial charge in [0.2, 0.25) is 0 Å². The number of hydrogen-bond donors (Lipinski definition) is 1. The first-order valence-corrected chi connectivity index (χ1v) is 21.2. The topological polar surface area (TPSA) is 76.1 Å². The highest BCUT2D eigenvalue weighted by atomic mass is 16.5. The van der Waals surface area contributed by atoms with Crippen LogP contribution in [0.4, 0.5) is 0 Å². The molecule has 0 heterocycles. The summed E-state index contributed by atoms with van der Waals surface area (Å²) in [4.78, 5) is 27.4. The molecule has 0 aliphatic rings. The van der Waals surface area contributed by atoms with Gasteiger partial charge in [0.05, 0.1) is 19.1 Å². The minimum Gasteiger partial charge on any atom is -0.466 e. The Hall–Kier alpha value is -1.14. The number of aliphatic hydroxyl groups excluding tert-OH is 1. The molecule has 0 spiro atoms. The van der Waals surface area contributed by atoms with Crippen LogP contribution in [0, 0.1) is 5.92 Å². The molecule has 0 radical (unpaired) electrons. The zero-order valence-corrected chi connectivity index (χ0v) is 32.6. The van der Waals surface area contributed by atoms with Gasteiger partial charge in [-0.05, 0) is 77.4 Å². The number of ether oxygens (including phenoxy) is 2. The molecule has 1 N–H and O–H groups in total. The standard InChI is InChI=1S/C42H83NO5/c1-4-7-10-13-15-17-24-33-41(45)47-38-29-20-18-25-34-43(36-27-28-37-44)35-26-19-21-30-39-48-42(46)40(31-22-12-9-6-3)32-23-16-14-11-8-5-2/h40,44H,4-39H2,1-3H3. The number of rotatable bonds is 39. The lowest BCUT2D eigenvalue weighted by atomic mass is 9.94. The van der Waals surface area contributed by atoms with E-state index in [4.69, 9.17) is 9.47 Å². The van der Waals surface area contributed by atoms with Gasteiger partial charge in [-0.25, -0.2) is 0 Å². The number of hydrogen-bond acceptors (Lipinski definition) is 6. The molecule has 0 saturated carbocycles. The predicted octanol–water partition coefficient (Wildman–Crippen LogP) is 11.7. The Kier molecular flexibility index (Phi) is 37.7. The maximum Gasteiger partial charge on any atom is 0.308 e. The Morgan fingerprint density at radius 2 is 0.875 bits per heavy atom. The second-order valence-corrected chi connectivity index (χ2v) is 14.5. The van der Waals surface area contributed by atoms with Gasteiger partial charge in [0.15, 0.2) is 0 Å². The van der Waals surface area contributed by atoms with E-state index in [-0.39, 0.29) is 24.5 Å². The van der Waals surface area contributed by atoms with Crippen molar-refractivity contribution in [1.29, 1.82) is 0 Å². The SMILES string of the molecule is CCCCCCCCCC(=O)OCCCCCCN(CCCCO)CCCCCCOC(=O)C(CCCCCC)CCCCCCCC. The molecule has 0 aromatic heterocycles. The highest BCUT2D eigenvalue weighted by Gasteiger charge is 2.19. The number of carbonyl (C=O) groups is 2. The summed E-state index contributed by atoms with van der Waals surface area (Å²) in [5.74, 6) is 0.120. The van der Waals surface area contributed by atoms with Crippen molar-refractivity contribution in [3.63, 3.8) is 0 Å². The fourth-order valence-electron chi connectivity index (χ4n) is 6.51. The number of esters is 2. The minimum absolute atomic E-state index is 0.0257. The van der Waals surface area contributed by atoms with Gasteiger partial charge in [0.1, 0.15) is 0 Å². The van der Waals surface area contributed by atoms with Gasteiger partial charge in [-0.3, -0.25) is 9.59 Å². The van der Waals surface area contributed by atoms with E-state index in [1.165, 1.54) is 96.3 Å². The summed E-state index contributed by atoms with van der Waals surface area (Å²) in [6.07, 6.45) is 34.3. The van der Waals surface area contributed by atoms with Crippen LogP contribution in [-0.2, 0) is 19.1 Å². The minimum atomic E-state index is -0.0257. The summed E-state index contributed by atoms with van der Waals surface area (Å²) >= 11 is 0. The molecular formula is C42H83NO5. The molecule has 0 aliphatic heterocycles. The van der Waals surface area contributed by atoms with Crippen molar-refractivity contribution in [2.45, 2.75) is 213 Å². The molecule has 1 unspecified atom stereocenters. The van der Waals surface area contributed by atoms with Crippen molar-refractivity contribution in [1.82, 2.24) is 4.90 Å². The number of nitrogens with zero attached hydrogens (tertiary/aromatic N) is 1. The maximum absolute atomic E-state index is 12.9. The van der Waals surface area contributed by atoms with E-state index in [9.17, 15) is 14.7 Å². The molecule has 0 amide bonds.